The summed E-state index contributed by atoms with van der Waals surface area (Å²) in [5.41, 5.74) is 1.23. The average molecular weight is 273 g/mol. The fraction of sp³-hybridized carbons (Fsp3) is 0.438. The molecule has 0 saturated heterocycles. The highest BCUT2D eigenvalue weighted by molar-refractivity contribution is 5.31. The third-order valence-electron chi connectivity index (χ3n) is 3.14. The molecule has 0 aliphatic rings. The van der Waals surface area contributed by atoms with Crippen molar-refractivity contribution in [2.24, 2.45) is 0 Å². The van der Waals surface area contributed by atoms with Crippen molar-refractivity contribution in [3.05, 3.63) is 48.0 Å². The Morgan fingerprint density at radius 1 is 1.35 bits per heavy atom. The Morgan fingerprint density at radius 3 is 2.95 bits per heavy atom. The second-order valence-corrected chi connectivity index (χ2v) is 4.77. The van der Waals surface area contributed by atoms with E-state index in [1.807, 2.05) is 18.3 Å². The number of nitrogens with one attached hydrogen (secondary N) is 2. The molecule has 0 saturated carbocycles. The molecule has 0 amide bonds. The Labute approximate surface area is 120 Å². The number of nitrogens with zero attached hydrogens (tertiary/aromatic N) is 1. The summed E-state index contributed by atoms with van der Waals surface area (Å²) in [6.45, 7) is 5.91. The normalized spacial score (nSPS) is 12.3. The third kappa shape index (κ3) is 4.10. The first-order valence-electron chi connectivity index (χ1n) is 7.27. The molecule has 0 spiro atoms. The largest absolute Gasteiger partial charge is 0.494 e. The van der Waals surface area contributed by atoms with Crippen molar-refractivity contribution in [3.8, 4) is 5.75 Å². The van der Waals surface area contributed by atoms with Crippen LogP contribution < -0.4 is 10.1 Å². The smallest absolute Gasteiger partial charge is 0.119 e. The zero-order chi connectivity index (χ0) is 14.2. The summed E-state index contributed by atoms with van der Waals surface area (Å²) in [4.78, 5) is 7.47. The minimum absolute atomic E-state index is 0.247. The number of rotatable bonds is 8. The first-order valence-corrected chi connectivity index (χ1v) is 7.27. The van der Waals surface area contributed by atoms with Crippen molar-refractivity contribution >= 4 is 0 Å². The van der Waals surface area contributed by atoms with E-state index in [2.05, 4.69) is 41.3 Å². The molecule has 0 radical (unpaired) electrons. The molecule has 1 unspecified atom stereocenters. The van der Waals surface area contributed by atoms with Crippen LogP contribution in [0.4, 0.5) is 0 Å². The number of likely N-dealkylation sites (N-methyl/N-ethyl adjacent to an activating group) is 1. The van der Waals surface area contributed by atoms with E-state index >= 15 is 0 Å². The minimum atomic E-state index is 0.247. The molecule has 1 aromatic heterocycles. The lowest BCUT2D eigenvalue weighted by molar-refractivity contribution is 0.316. The average Bonchev–Trinajstić information content (AvgIpc) is 2.98. The minimum Gasteiger partial charge on any atom is -0.494 e. The summed E-state index contributed by atoms with van der Waals surface area (Å²) < 4.78 is 5.71. The molecular formula is C16H23N3O. The van der Waals surface area contributed by atoms with Crippen molar-refractivity contribution in [3.63, 3.8) is 0 Å². The predicted octanol–water partition coefficient (Wildman–Crippen LogP) is 3.09. The molecular weight excluding hydrogens is 250 g/mol. The van der Waals surface area contributed by atoms with Crippen LogP contribution in [0.3, 0.4) is 0 Å². The maximum atomic E-state index is 5.71. The fourth-order valence-electron chi connectivity index (χ4n) is 2.20. The van der Waals surface area contributed by atoms with Crippen LogP contribution in [0.25, 0.3) is 0 Å². The second-order valence-electron chi connectivity index (χ2n) is 4.77. The van der Waals surface area contributed by atoms with Gasteiger partial charge < -0.3 is 15.0 Å². The van der Waals surface area contributed by atoms with E-state index in [4.69, 9.17) is 4.74 Å². The first-order chi connectivity index (χ1) is 9.83. The van der Waals surface area contributed by atoms with Gasteiger partial charge in [0, 0.05) is 24.9 Å². The molecule has 4 heteroatoms. The number of hydrogen-bond acceptors (Lipinski definition) is 3. The van der Waals surface area contributed by atoms with Gasteiger partial charge in [0.05, 0.1) is 6.61 Å². The molecule has 4 nitrogen and oxygen atoms in total. The standard InChI is InChI=1S/C16H23N3O/c1-3-10-20-14-7-5-6-13(11-14)15(17-4-2)12-16-18-8-9-19-16/h5-9,11,15,17H,3-4,10,12H2,1-2H3,(H,18,19). The van der Waals surface area contributed by atoms with E-state index in [0.717, 1.165) is 37.6 Å². The van der Waals surface area contributed by atoms with Crippen LogP contribution >= 0.6 is 0 Å². The number of imidazole rings is 1. The summed E-state index contributed by atoms with van der Waals surface area (Å²) in [6.07, 6.45) is 5.52. The van der Waals surface area contributed by atoms with E-state index in [0.29, 0.717) is 0 Å². The lowest BCUT2D eigenvalue weighted by Gasteiger charge is -2.18. The Balaban J connectivity index is 2.11. The lowest BCUT2D eigenvalue weighted by atomic mass is 10.0. The highest BCUT2D eigenvalue weighted by Gasteiger charge is 2.13. The van der Waals surface area contributed by atoms with Crippen molar-refractivity contribution < 1.29 is 4.74 Å². The van der Waals surface area contributed by atoms with Crippen molar-refractivity contribution in [1.29, 1.82) is 0 Å². The quantitative estimate of drug-likeness (QED) is 0.777. The number of hydrogen-bond donors (Lipinski definition) is 2. The van der Waals surface area contributed by atoms with Gasteiger partial charge in [0.1, 0.15) is 11.6 Å². The van der Waals surface area contributed by atoms with E-state index in [1.54, 1.807) is 6.20 Å². The second kappa shape index (κ2) is 7.70. The van der Waals surface area contributed by atoms with Crippen molar-refractivity contribution in [1.82, 2.24) is 15.3 Å². The molecule has 2 N–H and O–H groups in total. The van der Waals surface area contributed by atoms with Crippen LogP contribution in [0.1, 0.15) is 37.7 Å². The van der Waals surface area contributed by atoms with Gasteiger partial charge >= 0.3 is 0 Å². The highest BCUT2D eigenvalue weighted by Crippen LogP contribution is 2.22. The molecule has 1 atom stereocenters. The van der Waals surface area contributed by atoms with E-state index in [-0.39, 0.29) is 6.04 Å². The number of ether oxygens (including phenoxy) is 1. The van der Waals surface area contributed by atoms with Gasteiger partial charge in [-0.3, -0.25) is 0 Å². The molecule has 1 aromatic carbocycles. The first kappa shape index (κ1) is 14.6. The molecule has 2 rings (SSSR count). The van der Waals surface area contributed by atoms with Crippen LogP contribution in [0.2, 0.25) is 0 Å². The third-order valence-corrected chi connectivity index (χ3v) is 3.14. The summed E-state index contributed by atoms with van der Waals surface area (Å²) in [7, 11) is 0. The van der Waals surface area contributed by atoms with Crippen LogP contribution in [-0.4, -0.2) is 23.1 Å². The number of H-pyrrole nitrogens is 1. The Hall–Kier alpha value is -1.81. The molecule has 0 aliphatic carbocycles. The topological polar surface area (TPSA) is 49.9 Å². The van der Waals surface area contributed by atoms with Crippen molar-refractivity contribution in [2.75, 3.05) is 13.2 Å². The van der Waals surface area contributed by atoms with E-state index in [1.165, 1.54) is 5.56 Å². The Kier molecular flexibility index (Phi) is 5.62. The van der Waals surface area contributed by atoms with Gasteiger partial charge in [0.25, 0.3) is 0 Å². The van der Waals surface area contributed by atoms with E-state index < -0.39 is 0 Å². The number of aromatic amines is 1. The van der Waals surface area contributed by atoms with Gasteiger partial charge in [-0.2, -0.15) is 0 Å². The van der Waals surface area contributed by atoms with Gasteiger partial charge in [0.15, 0.2) is 0 Å². The molecule has 20 heavy (non-hydrogen) atoms. The molecule has 2 aromatic rings. The van der Waals surface area contributed by atoms with Gasteiger partial charge in [-0.25, -0.2) is 4.98 Å². The zero-order valence-electron chi connectivity index (χ0n) is 12.2. The Bertz CT molecular complexity index is 496. The van der Waals surface area contributed by atoms with Gasteiger partial charge in [-0.15, -0.1) is 0 Å². The van der Waals surface area contributed by atoms with Crippen LogP contribution in [0, 0.1) is 0 Å². The molecule has 0 aliphatic heterocycles. The maximum Gasteiger partial charge on any atom is 0.119 e. The maximum absolute atomic E-state index is 5.71. The van der Waals surface area contributed by atoms with Crippen LogP contribution in [-0.2, 0) is 6.42 Å². The summed E-state index contributed by atoms with van der Waals surface area (Å²) in [5, 5.41) is 3.50. The van der Waals surface area contributed by atoms with Crippen LogP contribution in [0.5, 0.6) is 5.75 Å². The highest BCUT2D eigenvalue weighted by atomic mass is 16.5. The Morgan fingerprint density at radius 2 is 2.25 bits per heavy atom. The predicted molar refractivity (Wildman–Crippen MR) is 80.9 cm³/mol. The van der Waals surface area contributed by atoms with Crippen molar-refractivity contribution in [2.45, 2.75) is 32.7 Å². The molecule has 1 heterocycles. The lowest BCUT2D eigenvalue weighted by Crippen LogP contribution is -2.23. The summed E-state index contributed by atoms with van der Waals surface area (Å²) >= 11 is 0. The molecule has 108 valence electrons. The van der Waals surface area contributed by atoms with Crippen LogP contribution in [0.15, 0.2) is 36.7 Å². The van der Waals surface area contributed by atoms with Gasteiger partial charge in [-0.1, -0.05) is 26.0 Å². The van der Waals surface area contributed by atoms with Gasteiger partial charge in [0.2, 0.25) is 0 Å². The monoisotopic (exact) mass is 273 g/mol. The number of aromatic nitrogens is 2. The number of benzene rings is 1. The fourth-order valence-corrected chi connectivity index (χ4v) is 2.20. The molecule has 0 fully saturated rings. The summed E-state index contributed by atoms with van der Waals surface area (Å²) in [6, 6.07) is 8.55. The SMILES string of the molecule is CCCOc1cccc(C(Cc2ncc[nH]2)NCC)c1. The zero-order valence-corrected chi connectivity index (χ0v) is 12.2. The van der Waals surface area contributed by atoms with Gasteiger partial charge in [-0.05, 0) is 30.7 Å². The summed E-state index contributed by atoms with van der Waals surface area (Å²) in [5.74, 6) is 1.93. The molecule has 0 bridgehead atoms. The van der Waals surface area contributed by atoms with E-state index in [9.17, 15) is 0 Å².